The second-order valence-electron chi connectivity index (χ2n) is 5.58. The molecule has 0 amide bonds. The van der Waals surface area contributed by atoms with Gasteiger partial charge < -0.3 is 9.84 Å². The topological polar surface area (TPSA) is 32.8 Å². The van der Waals surface area contributed by atoms with Crippen LogP contribution in [0.1, 0.15) is 41.0 Å². The van der Waals surface area contributed by atoms with Crippen LogP contribution in [0.4, 0.5) is 0 Å². The first-order chi connectivity index (χ1) is 5.82. The number of aliphatic hydroxyl groups excluding tert-OH is 1. The fourth-order valence-electron chi connectivity index (χ4n) is 1.73. The molecule has 0 aromatic heterocycles. The summed E-state index contributed by atoms with van der Waals surface area (Å²) in [5.41, 5.74) is 0.169. The van der Waals surface area contributed by atoms with Crippen molar-refractivity contribution in [3.05, 3.63) is 0 Å². The van der Waals surface area contributed by atoms with E-state index in [4.69, 9.17) is 4.74 Å². The molecule has 2 nitrogen and oxygen atoms in total. The second-order valence-corrected chi connectivity index (χ2v) is 5.58. The molecule has 1 heterocycles. The zero-order valence-corrected chi connectivity index (χ0v) is 9.37. The van der Waals surface area contributed by atoms with Crippen LogP contribution in [0, 0.1) is 11.3 Å². The summed E-state index contributed by atoms with van der Waals surface area (Å²) in [6.45, 7) is 10.7. The molecular formula is C11H22O2. The van der Waals surface area contributed by atoms with E-state index < -0.39 is 0 Å². The van der Waals surface area contributed by atoms with Crippen LogP contribution in [-0.4, -0.2) is 23.4 Å². The van der Waals surface area contributed by atoms with E-state index >= 15 is 0 Å². The van der Waals surface area contributed by atoms with Gasteiger partial charge in [-0.3, -0.25) is 0 Å². The molecule has 1 fully saturated rings. The van der Waals surface area contributed by atoms with Crippen LogP contribution >= 0.6 is 0 Å². The Hall–Kier alpha value is -0.0800. The van der Waals surface area contributed by atoms with E-state index in [0.29, 0.717) is 5.92 Å². The first-order valence-corrected chi connectivity index (χ1v) is 5.16. The van der Waals surface area contributed by atoms with Crippen molar-refractivity contribution in [3.8, 4) is 0 Å². The molecular weight excluding hydrogens is 164 g/mol. The Bertz CT molecular complexity index is 169. The molecule has 1 aliphatic rings. The zero-order valence-electron chi connectivity index (χ0n) is 9.37. The lowest BCUT2D eigenvalue weighted by molar-refractivity contribution is 0.113. The van der Waals surface area contributed by atoms with E-state index in [1.165, 1.54) is 0 Å². The van der Waals surface area contributed by atoms with Gasteiger partial charge in [0, 0.05) is 0 Å². The molecule has 3 unspecified atom stereocenters. The SMILES string of the molecule is CC(C)CC(O)C1OC1C(C)(C)C. The number of epoxide rings is 1. The largest absolute Gasteiger partial charge is 0.390 e. The minimum absolute atomic E-state index is 0.0856. The molecule has 3 atom stereocenters. The number of hydrogen-bond acceptors (Lipinski definition) is 2. The minimum atomic E-state index is -0.274. The summed E-state index contributed by atoms with van der Waals surface area (Å²) in [5, 5.41) is 9.77. The van der Waals surface area contributed by atoms with Crippen LogP contribution in [0.25, 0.3) is 0 Å². The lowest BCUT2D eigenvalue weighted by atomic mass is 9.87. The van der Waals surface area contributed by atoms with Crippen molar-refractivity contribution in [1.29, 1.82) is 0 Å². The summed E-state index contributed by atoms with van der Waals surface area (Å²) in [6.07, 6.45) is 0.907. The minimum Gasteiger partial charge on any atom is -0.390 e. The fourth-order valence-corrected chi connectivity index (χ4v) is 1.73. The highest BCUT2D eigenvalue weighted by Gasteiger charge is 2.50. The van der Waals surface area contributed by atoms with Crippen molar-refractivity contribution in [3.63, 3.8) is 0 Å². The summed E-state index contributed by atoms with van der Waals surface area (Å²) in [5.74, 6) is 0.541. The van der Waals surface area contributed by atoms with Gasteiger partial charge in [0.25, 0.3) is 0 Å². The van der Waals surface area contributed by atoms with Gasteiger partial charge in [-0.15, -0.1) is 0 Å². The normalized spacial score (nSPS) is 30.7. The molecule has 0 aromatic carbocycles. The molecule has 0 spiro atoms. The van der Waals surface area contributed by atoms with Crippen LogP contribution in [0.15, 0.2) is 0 Å². The molecule has 0 radical (unpaired) electrons. The maximum Gasteiger partial charge on any atom is 0.110 e. The van der Waals surface area contributed by atoms with Gasteiger partial charge in [-0.05, 0) is 17.8 Å². The number of rotatable bonds is 3. The van der Waals surface area contributed by atoms with Gasteiger partial charge in [-0.1, -0.05) is 34.6 Å². The van der Waals surface area contributed by atoms with Crippen molar-refractivity contribution in [1.82, 2.24) is 0 Å². The van der Waals surface area contributed by atoms with Gasteiger partial charge in [0.1, 0.15) is 6.10 Å². The second kappa shape index (κ2) is 3.58. The summed E-state index contributed by atoms with van der Waals surface area (Å²) in [6, 6.07) is 0. The molecule has 78 valence electrons. The molecule has 0 bridgehead atoms. The summed E-state index contributed by atoms with van der Waals surface area (Å²) in [4.78, 5) is 0. The van der Waals surface area contributed by atoms with Crippen molar-refractivity contribution in [2.24, 2.45) is 11.3 Å². The highest BCUT2D eigenvalue weighted by molar-refractivity contribution is 4.97. The van der Waals surface area contributed by atoms with Crippen LogP contribution in [0.5, 0.6) is 0 Å². The zero-order chi connectivity index (χ0) is 10.2. The van der Waals surface area contributed by atoms with E-state index in [1.54, 1.807) is 0 Å². The van der Waals surface area contributed by atoms with Crippen molar-refractivity contribution in [2.75, 3.05) is 0 Å². The Kier molecular flexibility index (Phi) is 3.03. The first-order valence-electron chi connectivity index (χ1n) is 5.16. The van der Waals surface area contributed by atoms with Gasteiger partial charge in [0.2, 0.25) is 0 Å². The van der Waals surface area contributed by atoms with Gasteiger partial charge in [-0.25, -0.2) is 0 Å². The molecule has 13 heavy (non-hydrogen) atoms. The molecule has 1 N–H and O–H groups in total. The molecule has 1 saturated heterocycles. The van der Waals surface area contributed by atoms with Crippen LogP contribution in [0.3, 0.4) is 0 Å². The maximum absolute atomic E-state index is 9.77. The van der Waals surface area contributed by atoms with Gasteiger partial charge in [0.15, 0.2) is 0 Å². The monoisotopic (exact) mass is 186 g/mol. The van der Waals surface area contributed by atoms with Crippen molar-refractivity contribution < 1.29 is 9.84 Å². The average Bonchev–Trinajstić information content (AvgIpc) is 2.59. The van der Waals surface area contributed by atoms with Crippen molar-refractivity contribution in [2.45, 2.75) is 59.4 Å². The highest BCUT2D eigenvalue weighted by atomic mass is 16.6. The number of hydrogen-bond donors (Lipinski definition) is 1. The van der Waals surface area contributed by atoms with Crippen molar-refractivity contribution >= 4 is 0 Å². The van der Waals surface area contributed by atoms with Crippen LogP contribution < -0.4 is 0 Å². The Morgan fingerprint density at radius 3 is 2.15 bits per heavy atom. The number of ether oxygens (including phenoxy) is 1. The summed E-state index contributed by atoms with van der Waals surface area (Å²) in [7, 11) is 0. The maximum atomic E-state index is 9.77. The highest BCUT2D eigenvalue weighted by Crippen LogP contribution is 2.40. The molecule has 0 aromatic rings. The van der Waals surface area contributed by atoms with E-state index in [0.717, 1.165) is 6.42 Å². The summed E-state index contributed by atoms with van der Waals surface area (Å²) < 4.78 is 5.49. The predicted octanol–water partition coefficient (Wildman–Crippen LogP) is 2.21. The third-order valence-corrected chi connectivity index (χ3v) is 2.47. The van der Waals surface area contributed by atoms with E-state index in [-0.39, 0.29) is 23.7 Å². The Balaban J connectivity index is 2.34. The average molecular weight is 186 g/mol. The molecule has 1 rings (SSSR count). The Morgan fingerprint density at radius 1 is 1.31 bits per heavy atom. The lowest BCUT2D eigenvalue weighted by Crippen LogP contribution is -2.24. The van der Waals surface area contributed by atoms with E-state index in [2.05, 4.69) is 34.6 Å². The third kappa shape index (κ3) is 2.96. The molecule has 1 aliphatic heterocycles. The van der Waals surface area contributed by atoms with Gasteiger partial charge in [0.05, 0.1) is 12.2 Å². The lowest BCUT2D eigenvalue weighted by Gasteiger charge is -2.16. The van der Waals surface area contributed by atoms with E-state index in [9.17, 15) is 5.11 Å². The predicted molar refractivity (Wildman–Crippen MR) is 53.6 cm³/mol. The van der Waals surface area contributed by atoms with Gasteiger partial charge in [-0.2, -0.15) is 0 Å². The summed E-state index contributed by atoms with van der Waals surface area (Å²) >= 11 is 0. The molecule has 0 saturated carbocycles. The van der Waals surface area contributed by atoms with E-state index in [1.807, 2.05) is 0 Å². The molecule has 2 heteroatoms. The Morgan fingerprint density at radius 2 is 1.85 bits per heavy atom. The Labute approximate surface area is 81.3 Å². The standard InChI is InChI=1S/C11H22O2/c1-7(2)6-8(12)9-10(13-9)11(3,4)5/h7-10,12H,6H2,1-5H3. The third-order valence-electron chi connectivity index (χ3n) is 2.47. The van der Waals surface area contributed by atoms with Gasteiger partial charge >= 0.3 is 0 Å². The number of aliphatic hydroxyl groups is 1. The first kappa shape index (κ1) is 11.0. The van der Waals surface area contributed by atoms with Crippen LogP contribution in [0.2, 0.25) is 0 Å². The smallest absolute Gasteiger partial charge is 0.110 e. The molecule has 0 aliphatic carbocycles. The fraction of sp³-hybridized carbons (Fsp3) is 1.00. The quantitative estimate of drug-likeness (QED) is 0.685. The van der Waals surface area contributed by atoms with Crippen LogP contribution in [-0.2, 0) is 4.74 Å².